The fraction of sp³-hybridized carbons (Fsp3) is 0.222. The maximum atomic E-state index is 10.3. The number of hydrogen-bond acceptors (Lipinski definition) is 3. The monoisotopic (exact) mass is 182 g/mol. The Morgan fingerprint density at radius 2 is 1.92 bits per heavy atom. The first kappa shape index (κ1) is 9.38. The summed E-state index contributed by atoms with van der Waals surface area (Å²) >= 11 is 0. The van der Waals surface area contributed by atoms with E-state index in [1.165, 1.54) is 0 Å². The van der Waals surface area contributed by atoms with E-state index in [-0.39, 0.29) is 0 Å². The zero-order valence-electron chi connectivity index (χ0n) is 6.84. The normalized spacial score (nSPS) is 22.6. The lowest BCUT2D eigenvalue weighted by Crippen LogP contribution is -2.10. The highest BCUT2D eigenvalue weighted by Gasteiger charge is 2.19. The Balaban J connectivity index is 2.83. The van der Waals surface area contributed by atoms with E-state index in [1.807, 2.05) is 0 Å². The van der Waals surface area contributed by atoms with Crippen molar-refractivity contribution in [2.45, 2.75) is 6.42 Å². The van der Waals surface area contributed by atoms with Crippen molar-refractivity contribution >= 4 is 5.97 Å². The van der Waals surface area contributed by atoms with Crippen molar-refractivity contribution in [3.63, 3.8) is 0 Å². The van der Waals surface area contributed by atoms with Crippen LogP contribution in [0.15, 0.2) is 35.8 Å². The number of carboxylic acid groups (broad SMARTS) is 1. The summed E-state index contributed by atoms with van der Waals surface area (Å²) in [6.45, 7) is 0. The molecule has 0 heterocycles. The summed E-state index contributed by atoms with van der Waals surface area (Å²) in [5.41, 5.74) is 0. The summed E-state index contributed by atoms with van der Waals surface area (Å²) in [6.07, 6.45) is 7.41. The molecule has 0 spiro atoms. The lowest BCUT2D eigenvalue weighted by atomic mass is 9.98. The fourth-order valence-corrected chi connectivity index (χ4v) is 1.07. The molecular formula is C9H10O4. The summed E-state index contributed by atoms with van der Waals surface area (Å²) in [5.74, 6) is -3.42. The molecule has 0 aliphatic heterocycles. The second-order valence-electron chi connectivity index (χ2n) is 2.69. The second kappa shape index (κ2) is 3.80. The number of carbonyl (C=O) groups is 1. The first-order chi connectivity index (χ1) is 6.13. The van der Waals surface area contributed by atoms with E-state index in [4.69, 9.17) is 10.2 Å². The van der Waals surface area contributed by atoms with Gasteiger partial charge in [-0.3, -0.25) is 0 Å². The van der Waals surface area contributed by atoms with Crippen LogP contribution in [0.5, 0.6) is 0 Å². The molecule has 0 fully saturated rings. The molecule has 0 aromatic rings. The molecule has 1 atom stereocenters. The van der Waals surface area contributed by atoms with Crippen molar-refractivity contribution in [3.05, 3.63) is 35.8 Å². The van der Waals surface area contributed by atoms with Gasteiger partial charge in [0.15, 0.2) is 0 Å². The number of rotatable bonds is 2. The van der Waals surface area contributed by atoms with Crippen LogP contribution >= 0.6 is 0 Å². The van der Waals surface area contributed by atoms with Gasteiger partial charge in [0.25, 0.3) is 0 Å². The molecule has 0 bridgehead atoms. The predicted octanol–water partition coefficient (Wildman–Crippen LogP) is 1.53. The van der Waals surface area contributed by atoms with Gasteiger partial charge >= 0.3 is 5.97 Å². The summed E-state index contributed by atoms with van der Waals surface area (Å²) in [5, 5.41) is 26.6. The molecule has 1 unspecified atom stereocenters. The SMILES string of the molecule is O=C(O)C(O)=C(O)C1C=CC=CC1. The van der Waals surface area contributed by atoms with Gasteiger partial charge < -0.3 is 15.3 Å². The minimum absolute atomic E-state index is 0.430. The molecule has 70 valence electrons. The zero-order valence-corrected chi connectivity index (χ0v) is 6.84. The largest absolute Gasteiger partial charge is 0.508 e. The van der Waals surface area contributed by atoms with Gasteiger partial charge in [0, 0.05) is 5.92 Å². The quantitative estimate of drug-likeness (QED) is 0.447. The van der Waals surface area contributed by atoms with Gasteiger partial charge in [-0.2, -0.15) is 0 Å². The highest BCUT2D eigenvalue weighted by molar-refractivity contribution is 5.84. The lowest BCUT2D eigenvalue weighted by Gasteiger charge is -2.11. The van der Waals surface area contributed by atoms with Gasteiger partial charge in [-0.25, -0.2) is 4.79 Å². The molecule has 1 rings (SSSR count). The van der Waals surface area contributed by atoms with Gasteiger partial charge in [0.1, 0.15) is 5.76 Å². The van der Waals surface area contributed by atoms with Gasteiger partial charge in [0.05, 0.1) is 0 Å². The average molecular weight is 182 g/mol. The van der Waals surface area contributed by atoms with Crippen LogP contribution in [-0.2, 0) is 4.79 Å². The lowest BCUT2D eigenvalue weighted by molar-refractivity contribution is -0.136. The minimum Gasteiger partial charge on any atom is -0.508 e. The maximum Gasteiger partial charge on any atom is 0.374 e. The van der Waals surface area contributed by atoms with Crippen molar-refractivity contribution < 1.29 is 20.1 Å². The number of hydrogen-bond donors (Lipinski definition) is 3. The number of allylic oxidation sites excluding steroid dienone is 4. The molecule has 0 saturated heterocycles. The minimum atomic E-state index is -1.51. The molecule has 0 aromatic carbocycles. The maximum absolute atomic E-state index is 10.3. The van der Waals surface area contributed by atoms with E-state index in [2.05, 4.69) is 0 Å². The molecule has 1 aliphatic rings. The standard InChI is InChI=1S/C9H10O4/c10-7(8(11)9(12)13)6-4-2-1-3-5-6/h1-4,6,10-11H,5H2,(H,12,13). The van der Waals surface area contributed by atoms with Crippen molar-refractivity contribution in [1.29, 1.82) is 0 Å². The second-order valence-corrected chi connectivity index (χ2v) is 2.69. The first-order valence-corrected chi connectivity index (χ1v) is 3.81. The van der Waals surface area contributed by atoms with Crippen molar-refractivity contribution in [1.82, 2.24) is 0 Å². The molecule has 1 aliphatic carbocycles. The fourth-order valence-electron chi connectivity index (χ4n) is 1.07. The molecule has 0 saturated carbocycles. The Morgan fingerprint density at radius 3 is 2.38 bits per heavy atom. The number of aliphatic carboxylic acids is 1. The third-order valence-corrected chi connectivity index (χ3v) is 1.78. The van der Waals surface area contributed by atoms with E-state index in [0.717, 1.165) is 0 Å². The molecule has 0 radical (unpaired) electrons. The van der Waals surface area contributed by atoms with E-state index < -0.39 is 23.4 Å². The van der Waals surface area contributed by atoms with Crippen LogP contribution in [-0.4, -0.2) is 21.3 Å². The molecule has 4 nitrogen and oxygen atoms in total. The van der Waals surface area contributed by atoms with Gasteiger partial charge in [-0.05, 0) is 6.42 Å². The van der Waals surface area contributed by atoms with Crippen molar-refractivity contribution in [2.24, 2.45) is 5.92 Å². The van der Waals surface area contributed by atoms with Gasteiger partial charge in [-0.15, -0.1) is 0 Å². The molecule has 0 aromatic heterocycles. The number of carboxylic acids is 1. The number of aliphatic hydroxyl groups is 2. The summed E-state index contributed by atoms with van der Waals surface area (Å²) < 4.78 is 0. The van der Waals surface area contributed by atoms with Gasteiger partial charge in [0.2, 0.25) is 5.76 Å². The Labute approximate surface area is 75.1 Å². The van der Waals surface area contributed by atoms with Crippen molar-refractivity contribution in [2.75, 3.05) is 0 Å². The Bertz CT molecular complexity index is 299. The summed E-state index contributed by atoms with van der Waals surface area (Å²) in [7, 11) is 0. The van der Waals surface area contributed by atoms with Crippen LogP contribution in [0.3, 0.4) is 0 Å². The van der Waals surface area contributed by atoms with Crippen LogP contribution in [0.25, 0.3) is 0 Å². The topological polar surface area (TPSA) is 77.8 Å². The van der Waals surface area contributed by atoms with E-state index in [1.54, 1.807) is 24.3 Å². The molecule has 13 heavy (non-hydrogen) atoms. The summed E-state index contributed by atoms with van der Waals surface area (Å²) in [6, 6.07) is 0. The summed E-state index contributed by atoms with van der Waals surface area (Å²) in [4.78, 5) is 10.3. The Morgan fingerprint density at radius 1 is 1.23 bits per heavy atom. The number of aliphatic hydroxyl groups excluding tert-OH is 2. The van der Waals surface area contributed by atoms with Crippen molar-refractivity contribution in [3.8, 4) is 0 Å². The molecule has 0 amide bonds. The average Bonchev–Trinajstić information content (AvgIpc) is 2.17. The van der Waals surface area contributed by atoms with Crippen LogP contribution in [0, 0.1) is 5.92 Å². The Hall–Kier alpha value is -1.71. The van der Waals surface area contributed by atoms with Crippen LogP contribution < -0.4 is 0 Å². The van der Waals surface area contributed by atoms with E-state index >= 15 is 0 Å². The van der Waals surface area contributed by atoms with E-state index in [9.17, 15) is 9.90 Å². The van der Waals surface area contributed by atoms with Crippen LogP contribution in [0.4, 0.5) is 0 Å². The molecular weight excluding hydrogens is 172 g/mol. The smallest absolute Gasteiger partial charge is 0.374 e. The Kier molecular flexibility index (Phi) is 2.74. The van der Waals surface area contributed by atoms with Crippen LogP contribution in [0.2, 0.25) is 0 Å². The van der Waals surface area contributed by atoms with E-state index in [0.29, 0.717) is 6.42 Å². The third-order valence-electron chi connectivity index (χ3n) is 1.78. The molecule has 3 N–H and O–H groups in total. The molecule has 4 heteroatoms. The van der Waals surface area contributed by atoms with Gasteiger partial charge in [-0.1, -0.05) is 24.3 Å². The predicted molar refractivity (Wildman–Crippen MR) is 46.3 cm³/mol. The van der Waals surface area contributed by atoms with Crippen LogP contribution in [0.1, 0.15) is 6.42 Å². The highest BCUT2D eigenvalue weighted by Crippen LogP contribution is 2.20. The third kappa shape index (κ3) is 2.11. The highest BCUT2D eigenvalue weighted by atomic mass is 16.4. The zero-order chi connectivity index (χ0) is 9.84. The first-order valence-electron chi connectivity index (χ1n) is 3.81.